The van der Waals surface area contributed by atoms with Crippen molar-refractivity contribution in [2.24, 2.45) is 0 Å². The minimum atomic E-state index is 0.383. The van der Waals surface area contributed by atoms with Crippen LogP contribution in [-0.2, 0) is 0 Å². The third kappa shape index (κ3) is 5.30. The van der Waals surface area contributed by atoms with Gasteiger partial charge in [0.1, 0.15) is 5.75 Å². The van der Waals surface area contributed by atoms with Crippen LogP contribution in [0.15, 0.2) is 22.7 Å². The normalized spacial score (nSPS) is 18.2. The Morgan fingerprint density at radius 1 is 1.24 bits per heavy atom. The topological polar surface area (TPSA) is 21.3 Å². The predicted octanol–water partition coefficient (Wildman–Crippen LogP) is 5.61. The highest BCUT2D eigenvalue weighted by atomic mass is 79.9. The van der Waals surface area contributed by atoms with Crippen molar-refractivity contribution in [3.05, 3.63) is 28.2 Å². The quantitative estimate of drug-likeness (QED) is 0.670. The number of benzene rings is 1. The monoisotopic (exact) mass is 353 g/mol. The number of ether oxygens (including phenoxy) is 1. The summed E-state index contributed by atoms with van der Waals surface area (Å²) in [6.45, 7) is 5.46. The molecule has 1 aliphatic rings. The van der Waals surface area contributed by atoms with Crippen LogP contribution in [0.25, 0.3) is 0 Å². The molecular formula is C18H28BrNO. The van der Waals surface area contributed by atoms with Gasteiger partial charge >= 0.3 is 0 Å². The summed E-state index contributed by atoms with van der Waals surface area (Å²) in [6.07, 6.45) is 9.28. The molecule has 2 nitrogen and oxygen atoms in total. The molecule has 1 fully saturated rings. The molecule has 1 atom stereocenters. The Hall–Kier alpha value is -0.540. The van der Waals surface area contributed by atoms with Crippen molar-refractivity contribution in [2.75, 3.05) is 6.54 Å². The van der Waals surface area contributed by atoms with Gasteiger partial charge in [-0.05, 0) is 79.2 Å². The van der Waals surface area contributed by atoms with E-state index in [2.05, 4.69) is 53.3 Å². The van der Waals surface area contributed by atoms with Gasteiger partial charge in [-0.25, -0.2) is 0 Å². The lowest BCUT2D eigenvalue weighted by Crippen LogP contribution is -2.19. The van der Waals surface area contributed by atoms with Crippen molar-refractivity contribution >= 4 is 15.9 Å². The summed E-state index contributed by atoms with van der Waals surface area (Å²) in [6, 6.07) is 6.88. The van der Waals surface area contributed by atoms with Gasteiger partial charge in [0.05, 0.1) is 10.6 Å². The van der Waals surface area contributed by atoms with Crippen molar-refractivity contribution in [1.82, 2.24) is 5.32 Å². The highest BCUT2D eigenvalue weighted by Gasteiger charge is 2.15. The van der Waals surface area contributed by atoms with E-state index in [0.717, 1.165) is 23.2 Å². The average molecular weight is 354 g/mol. The Balaban J connectivity index is 1.97. The molecule has 0 saturated heterocycles. The molecule has 1 saturated carbocycles. The predicted molar refractivity (Wildman–Crippen MR) is 93.0 cm³/mol. The maximum Gasteiger partial charge on any atom is 0.133 e. The molecule has 0 amide bonds. The van der Waals surface area contributed by atoms with Crippen molar-refractivity contribution in [2.45, 2.75) is 70.9 Å². The molecule has 2 rings (SSSR count). The molecule has 3 heteroatoms. The van der Waals surface area contributed by atoms with E-state index in [0.29, 0.717) is 12.1 Å². The fourth-order valence-electron chi connectivity index (χ4n) is 2.90. The minimum absolute atomic E-state index is 0.383. The van der Waals surface area contributed by atoms with Crippen LogP contribution in [0.4, 0.5) is 0 Å². The maximum absolute atomic E-state index is 6.21. The molecular weight excluding hydrogens is 326 g/mol. The summed E-state index contributed by atoms with van der Waals surface area (Å²) < 4.78 is 7.29. The molecule has 1 aliphatic carbocycles. The molecule has 0 radical (unpaired) electrons. The fourth-order valence-corrected chi connectivity index (χ4v) is 3.39. The Bertz CT molecular complexity index is 427. The van der Waals surface area contributed by atoms with Crippen LogP contribution >= 0.6 is 15.9 Å². The number of rotatable bonds is 6. The first kappa shape index (κ1) is 16.8. The summed E-state index contributed by atoms with van der Waals surface area (Å²) in [5.74, 6) is 0.994. The van der Waals surface area contributed by atoms with E-state index >= 15 is 0 Å². The van der Waals surface area contributed by atoms with Gasteiger partial charge in [-0.3, -0.25) is 0 Å². The molecule has 21 heavy (non-hydrogen) atoms. The van der Waals surface area contributed by atoms with E-state index in [1.54, 1.807) is 0 Å². The molecule has 0 heterocycles. The van der Waals surface area contributed by atoms with E-state index < -0.39 is 0 Å². The van der Waals surface area contributed by atoms with Gasteiger partial charge in [-0.15, -0.1) is 0 Å². The van der Waals surface area contributed by atoms with Crippen LogP contribution in [-0.4, -0.2) is 12.6 Å². The van der Waals surface area contributed by atoms with Crippen molar-refractivity contribution in [1.29, 1.82) is 0 Å². The first-order valence-electron chi connectivity index (χ1n) is 8.40. The Morgan fingerprint density at radius 2 is 1.95 bits per heavy atom. The van der Waals surface area contributed by atoms with E-state index in [9.17, 15) is 0 Å². The highest BCUT2D eigenvalue weighted by molar-refractivity contribution is 9.10. The highest BCUT2D eigenvalue weighted by Crippen LogP contribution is 2.31. The van der Waals surface area contributed by atoms with E-state index in [-0.39, 0.29) is 0 Å². The summed E-state index contributed by atoms with van der Waals surface area (Å²) in [7, 11) is 0. The van der Waals surface area contributed by atoms with Crippen LogP contribution in [0, 0.1) is 0 Å². The van der Waals surface area contributed by atoms with Crippen LogP contribution < -0.4 is 10.1 Å². The van der Waals surface area contributed by atoms with E-state index in [4.69, 9.17) is 4.74 Å². The van der Waals surface area contributed by atoms with Gasteiger partial charge < -0.3 is 10.1 Å². The van der Waals surface area contributed by atoms with Gasteiger partial charge in [-0.2, -0.15) is 0 Å². The molecule has 0 aliphatic heterocycles. The largest absolute Gasteiger partial charge is 0.489 e. The minimum Gasteiger partial charge on any atom is -0.489 e. The van der Waals surface area contributed by atoms with Gasteiger partial charge in [0.25, 0.3) is 0 Å². The number of hydrogen-bond donors (Lipinski definition) is 1. The third-order valence-electron chi connectivity index (χ3n) is 4.25. The van der Waals surface area contributed by atoms with E-state index in [1.165, 1.54) is 44.1 Å². The molecule has 1 N–H and O–H groups in total. The zero-order chi connectivity index (χ0) is 15.1. The Kier molecular flexibility index (Phi) is 7.05. The maximum atomic E-state index is 6.21. The molecule has 118 valence electrons. The SMILES string of the molecule is CCCNC(C)c1ccc(OC2CCCCCC2)c(Br)c1. The van der Waals surface area contributed by atoms with Gasteiger partial charge in [0, 0.05) is 6.04 Å². The van der Waals surface area contributed by atoms with Crippen LogP contribution in [0.2, 0.25) is 0 Å². The zero-order valence-electron chi connectivity index (χ0n) is 13.3. The molecule has 1 aromatic carbocycles. The summed E-state index contributed by atoms with van der Waals surface area (Å²) in [5.41, 5.74) is 1.31. The Labute approximate surface area is 137 Å². The van der Waals surface area contributed by atoms with Crippen LogP contribution in [0.5, 0.6) is 5.75 Å². The lowest BCUT2D eigenvalue weighted by Gasteiger charge is -2.20. The second kappa shape index (κ2) is 8.79. The third-order valence-corrected chi connectivity index (χ3v) is 4.87. The second-order valence-corrected chi connectivity index (χ2v) is 6.95. The van der Waals surface area contributed by atoms with E-state index in [1.807, 2.05) is 0 Å². The van der Waals surface area contributed by atoms with Gasteiger partial charge in [0.15, 0.2) is 0 Å². The molecule has 1 unspecified atom stereocenters. The first-order chi connectivity index (χ1) is 10.2. The summed E-state index contributed by atoms with van der Waals surface area (Å²) >= 11 is 3.68. The molecule has 1 aromatic rings. The van der Waals surface area contributed by atoms with Crippen LogP contribution in [0.3, 0.4) is 0 Å². The zero-order valence-corrected chi connectivity index (χ0v) is 14.9. The van der Waals surface area contributed by atoms with Gasteiger partial charge in [0.2, 0.25) is 0 Å². The first-order valence-corrected chi connectivity index (χ1v) is 9.19. The standard InChI is InChI=1S/C18H28BrNO/c1-3-12-20-14(2)15-10-11-18(17(19)13-15)21-16-8-6-4-5-7-9-16/h10-11,13-14,16,20H,3-9,12H2,1-2H3. The van der Waals surface area contributed by atoms with Crippen molar-refractivity contribution < 1.29 is 4.74 Å². The van der Waals surface area contributed by atoms with Crippen molar-refractivity contribution in [3.63, 3.8) is 0 Å². The summed E-state index contributed by atoms with van der Waals surface area (Å²) in [4.78, 5) is 0. The van der Waals surface area contributed by atoms with Crippen LogP contribution in [0.1, 0.15) is 70.4 Å². The smallest absolute Gasteiger partial charge is 0.133 e. The van der Waals surface area contributed by atoms with Crippen molar-refractivity contribution in [3.8, 4) is 5.75 Å². The molecule has 0 spiro atoms. The number of halogens is 1. The number of hydrogen-bond acceptors (Lipinski definition) is 2. The number of nitrogens with one attached hydrogen (secondary N) is 1. The average Bonchev–Trinajstić information content (AvgIpc) is 2.75. The second-order valence-electron chi connectivity index (χ2n) is 6.10. The molecule has 0 aromatic heterocycles. The lowest BCUT2D eigenvalue weighted by atomic mass is 10.1. The summed E-state index contributed by atoms with van der Waals surface area (Å²) in [5, 5.41) is 3.52. The Morgan fingerprint density at radius 3 is 2.57 bits per heavy atom. The fraction of sp³-hybridized carbons (Fsp3) is 0.667. The molecule has 0 bridgehead atoms. The van der Waals surface area contributed by atoms with Gasteiger partial charge in [-0.1, -0.05) is 25.8 Å². The lowest BCUT2D eigenvalue weighted by molar-refractivity contribution is 0.182.